The third-order valence-electron chi connectivity index (χ3n) is 3.28. The van der Waals surface area contributed by atoms with Crippen molar-refractivity contribution in [3.63, 3.8) is 0 Å². The van der Waals surface area contributed by atoms with Gasteiger partial charge in [-0.15, -0.1) is 11.3 Å². The monoisotopic (exact) mass is 311 g/mol. The summed E-state index contributed by atoms with van der Waals surface area (Å²) in [5.74, 6) is 0.789. The molecule has 1 aliphatic rings. The molecular weight excluding hydrogens is 298 g/mol. The highest BCUT2D eigenvalue weighted by Gasteiger charge is 2.30. The predicted molar refractivity (Wildman–Crippen MR) is 75.1 cm³/mol. The molecule has 5 heteroatoms. The highest BCUT2D eigenvalue weighted by atomic mass is 79.9. The number of hydrogen-bond donors (Lipinski definition) is 1. The first-order chi connectivity index (χ1) is 8.15. The second-order valence-corrected chi connectivity index (χ2v) is 6.45. The molecule has 0 amide bonds. The third-order valence-corrected chi connectivity index (χ3v) is 4.98. The predicted octanol–water partition coefficient (Wildman–Crippen LogP) is 3.93. The Hall–Kier alpha value is -0.810. The number of aromatic nitrogens is 2. The zero-order valence-electron chi connectivity index (χ0n) is 9.56. The maximum Gasteiger partial charge on any atom is 0.125 e. The fourth-order valence-corrected chi connectivity index (χ4v) is 3.47. The van der Waals surface area contributed by atoms with Gasteiger partial charge in [-0.05, 0) is 47.7 Å². The minimum Gasteiger partial charge on any atom is -0.396 e. The minimum atomic E-state index is 0.467. The highest BCUT2D eigenvalue weighted by molar-refractivity contribution is 9.10. The van der Waals surface area contributed by atoms with Gasteiger partial charge in [0.15, 0.2) is 0 Å². The van der Waals surface area contributed by atoms with Gasteiger partial charge in [0.2, 0.25) is 0 Å². The van der Waals surface area contributed by atoms with Crippen molar-refractivity contribution in [2.75, 3.05) is 5.73 Å². The van der Waals surface area contributed by atoms with Crippen molar-refractivity contribution < 1.29 is 0 Å². The third kappa shape index (κ3) is 2.13. The van der Waals surface area contributed by atoms with Gasteiger partial charge in [0, 0.05) is 16.0 Å². The van der Waals surface area contributed by atoms with E-state index in [9.17, 15) is 0 Å². The summed E-state index contributed by atoms with van der Waals surface area (Å²) in [6, 6.07) is 2.53. The molecule has 2 N–H and O–H groups in total. The van der Waals surface area contributed by atoms with E-state index in [0.29, 0.717) is 6.04 Å². The van der Waals surface area contributed by atoms with Gasteiger partial charge in [0.05, 0.1) is 16.6 Å². The Balaban J connectivity index is 1.95. The van der Waals surface area contributed by atoms with E-state index in [4.69, 9.17) is 5.73 Å². The lowest BCUT2D eigenvalue weighted by molar-refractivity contribution is 0.441. The van der Waals surface area contributed by atoms with Gasteiger partial charge in [0.25, 0.3) is 0 Å². The van der Waals surface area contributed by atoms with Crippen LogP contribution in [0.5, 0.6) is 0 Å². The first-order valence-corrected chi connectivity index (χ1v) is 7.41. The summed E-state index contributed by atoms with van der Waals surface area (Å²) in [5.41, 5.74) is 7.73. The summed E-state index contributed by atoms with van der Waals surface area (Å²) in [5, 5.41) is 6.69. The second kappa shape index (κ2) is 4.14. The molecule has 1 aliphatic carbocycles. The van der Waals surface area contributed by atoms with Crippen LogP contribution in [0.1, 0.15) is 25.8 Å². The topological polar surface area (TPSA) is 43.8 Å². The van der Waals surface area contributed by atoms with Crippen molar-refractivity contribution in [1.29, 1.82) is 0 Å². The van der Waals surface area contributed by atoms with Crippen LogP contribution >= 0.6 is 27.3 Å². The van der Waals surface area contributed by atoms with Crippen molar-refractivity contribution in [2.24, 2.45) is 5.92 Å². The molecule has 0 radical (unpaired) electrons. The average molecular weight is 312 g/mol. The molecule has 3 rings (SSSR count). The lowest BCUT2D eigenvalue weighted by Gasteiger charge is -2.09. The lowest BCUT2D eigenvalue weighted by atomic mass is 10.2. The molecule has 0 spiro atoms. The Labute approximate surface area is 113 Å². The van der Waals surface area contributed by atoms with Gasteiger partial charge in [-0.3, -0.25) is 4.68 Å². The molecule has 1 unspecified atom stereocenters. The molecule has 3 nitrogen and oxygen atoms in total. The Morgan fingerprint density at radius 3 is 2.94 bits per heavy atom. The molecule has 17 heavy (non-hydrogen) atoms. The van der Waals surface area contributed by atoms with Crippen LogP contribution in [-0.2, 0) is 0 Å². The molecule has 2 heterocycles. The molecular formula is C12H14BrN3S. The smallest absolute Gasteiger partial charge is 0.125 e. The van der Waals surface area contributed by atoms with Gasteiger partial charge in [-0.2, -0.15) is 5.10 Å². The molecule has 0 bridgehead atoms. The Morgan fingerprint density at radius 2 is 2.35 bits per heavy atom. The Morgan fingerprint density at radius 1 is 1.59 bits per heavy atom. The molecule has 2 aromatic rings. The van der Waals surface area contributed by atoms with Crippen molar-refractivity contribution in [1.82, 2.24) is 9.78 Å². The molecule has 1 fully saturated rings. The van der Waals surface area contributed by atoms with Crippen LogP contribution in [0.15, 0.2) is 22.1 Å². The molecule has 0 saturated heterocycles. The van der Waals surface area contributed by atoms with Crippen molar-refractivity contribution in [3.05, 3.63) is 22.1 Å². The van der Waals surface area contributed by atoms with Crippen LogP contribution in [-0.4, -0.2) is 9.78 Å². The summed E-state index contributed by atoms with van der Waals surface area (Å²) in [6.45, 7) is 2.22. The standard InChI is InChI=1S/C12H14BrN3S/c1-7(8-2-3-8)16-5-10(14)12(15-16)11-4-9(13)6-17-11/h4-8H,2-3,14H2,1H3. The van der Waals surface area contributed by atoms with E-state index < -0.39 is 0 Å². The van der Waals surface area contributed by atoms with E-state index in [1.165, 1.54) is 12.8 Å². The summed E-state index contributed by atoms with van der Waals surface area (Å²) in [7, 11) is 0. The first kappa shape index (κ1) is 11.3. The SMILES string of the molecule is CC(C1CC1)n1cc(N)c(-c2cc(Br)cs2)n1. The van der Waals surface area contributed by atoms with E-state index in [1.54, 1.807) is 11.3 Å². The molecule has 0 aliphatic heterocycles. The number of nitrogens with zero attached hydrogens (tertiary/aromatic N) is 2. The molecule has 1 saturated carbocycles. The van der Waals surface area contributed by atoms with Crippen LogP contribution in [0.3, 0.4) is 0 Å². The van der Waals surface area contributed by atoms with Crippen molar-refractivity contribution >= 4 is 33.0 Å². The maximum atomic E-state index is 6.05. The second-order valence-electron chi connectivity index (χ2n) is 4.62. The zero-order valence-corrected chi connectivity index (χ0v) is 12.0. The van der Waals surface area contributed by atoms with Gasteiger partial charge in [-0.25, -0.2) is 0 Å². The largest absolute Gasteiger partial charge is 0.396 e. The van der Waals surface area contributed by atoms with E-state index >= 15 is 0 Å². The molecule has 1 atom stereocenters. The minimum absolute atomic E-state index is 0.467. The van der Waals surface area contributed by atoms with Crippen LogP contribution in [0, 0.1) is 5.92 Å². The number of nitrogens with two attached hydrogens (primary N) is 1. The van der Waals surface area contributed by atoms with Gasteiger partial charge in [0.1, 0.15) is 5.69 Å². The van der Waals surface area contributed by atoms with Crippen LogP contribution in [0.4, 0.5) is 5.69 Å². The number of hydrogen-bond acceptors (Lipinski definition) is 3. The number of anilines is 1. The molecule has 2 aromatic heterocycles. The van der Waals surface area contributed by atoms with Gasteiger partial charge in [-0.1, -0.05) is 0 Å². The molecule has 90 valence electrons. The van der Waals surface area contributed by atoms with E-state index in [2.05, 4.69) is 39.4 Å². The average Bonchev–Trinajstić information content (AvgIpc) is 2.96. The maximum absolute atomic E-state index is 6.05. The van der Waals surface area contributed by atoms with Crippen molar-refractivity contribution in [3.8, 4) is 10.6 Å². The van der Waals surface area contributed by atoms with Gasteiger partial charge < -0.3 is 5.73 Å². The summed E-state index contributed by atoms with van der Waals surface area (Å²) in [4.78, 5) is 1.12. The highest BCUT2D eigenvalue weighted by Crippen LogP contribution is 2.40. The Bertz CT molecular complexity index is 542. The van der Waals surface area contributed by atoms with E-state index in [-0.39, 0.29) is 0 Å². The quantitative estimate of drug-likeness (QED) is 0.933. The van der Waals surface area contributed by atoms with E-state index in [0.717, 1.165) is 26.6 Å². The number of nitrogen functional groups attached to an aromatic ring is 1. The molecule has 0 aromatic carbocycles. The number of thiophene rings is 1. The zero-order chi connectivity index (χ0) is 12.0. The fourth-order valence-electron chi connectivity index (χ4n) is 2.04. The van der Waals surface area contributed by atoms with Gasteiger partial charge >= 0.3 is 0 Å². The summed E-state index contributed by atoms with van der Waals surface area (Å²) < 4.78 is 3.11. The number of rotatable bonds is 3. The summed E-state index contributed by atoms with van der Waals surface area (Å²) >= 11 is 5.12. The Kier molecular flexibility index (Phi) is 2.75. The normalized spacial score (nSPS) is 17.3. The van der Waals surface area contributed by atoms with Crippen LogP contribution in [0.25, 0.3) is 10.6 Å². The first-order valence-electron chi connectivity index (χ1n) is 5.74. The summed E-state index contributed by atoms with van der Waals surface area (Å²) in [6.07, 6.45) is 4.60. The number of halogens is 1. The van der Waals surface area contributed by atoms with Crippen LogP contribution in [0.2, 0.25) is 0 Å². The van der Waals surface area contributed by atoms with E-state index in [1.807, 2.05) is 10.9 Å². The van der Waals surface area contributed by atoms with Crippen molar-refractivity contribution in [2.45, 2.75) is 25.8 Å². The lowest BCUT2D eigenvalue weighted by Crippen LogP contribution is -2.07. The van der Waals surface area contributed by atoms with Crippen LogP contribution < -0.4 is 5.73 Å². The fraction of sp³-hybridized carbons (Fsp3) is 0.417.